The molecule has 1 nitrogen and oxygen atoms in total. The van der Waals surface area contributed by atoms with E-state index in [1.165, 1.54) is 75.1 Å². The van der Waals surface area contributed by atoms with Gasteiger partial charge in [-0.1, -0.05) is 158 Å². The number of benzene rings is 9. The van der Waals surface area contributed by atoms with Gasteiger partial charge in [-0.15, -0.1) is 11.3 Å². The molecule has 9 aromatic carbocycles. The summed E-state index contributed by atoms with van der Waals surface area (Å²) in [6.45, 7) is 0. The lowest BCUT2D eigenvalue weighted by molar-refractivity contribution is 1.28. The molecule has 0 amide bonds. The number of anilines is 3. The molecular weight excluding hydrogens is 647 g/mol. The molecule has 0 saturated heterocycles. The Labute approximate surface area is 307 Å². The van der Waals surface area contributed by atoms with E-state index in [2.05, 4.69) is 205 Å². The van der Waals surface area contributed by atoms with Gasteiger partial charge in [-0.05, 0) is 97.4 Å². The van der Waals surface area contributed by atoms with Gasteiger partial charge in [0.25, 0.3) is 0 Å². The van der Waals surface area contributed by atoms with Crippen LogP contribution in [0.3, 0.4) is 0 Å². The first-order valence-electron chi connectivity index (χ1n) is 17.8. The second-order valence-corrected chi connectivity index (χ2v) is 14.4. The van der Waals surface area contributed by atoms with Crippen LogP contribution in [0.2, 0.25) is 0 Å². The van der Waals surface area contributed by atoms with Gasteiger partial charge < -0.3 is 4.90 Å². The summed E-state index contributed by atoms with van der Waals surface area (Å²) >= 11 is 1.88. The van der Waals surface area contributed by atoms with Crippen LogP contribution in [0.4, 0.5) is 17.1 Å². The normalized spacial score (nSPS) is 11.5. The molecule has 0 aliphatic rings. The van der Waals surface area contributed by atoms with Crippen LogP contribution in [-0.2, 0) is 0 Å². The van der Waals surface area contributed by atoms with E-state index in [4.69, 9.17) is 0 Å². The molecule has 0 fully saturated rings. The summed E-state index contributed by atoms with van der Waals surface area (Å²) in [6, 6.07) is 72.8. The van der Waals surface area contributed by atoms with Gasteiger partial charge in [0.1, 0.15) is 0 Å². The molecule has 1 heterocycles. The summed E-state index contributed by atoms with van der Waals surface area (Å²) in [4.78, 5) is 2.36. The fourth-order valence-corrected chi connectivity index (χ4v) is 8.98. The van der Waals surface area contributed by atoms with Crippen LogP contribution < -0.4 is 4.90 Å². The average Bonchev–Trinajstić information content (AvgIpc) is 3.61. The Hall–Kier alpha value is -6.48. The predicted octanol–water partition coefficient (Wildman–Crippen LogP) is 14.8. The van der Waals surface area contributed by atoms with Gasteiger partial charge in [0.05, 0.1) is 0 Å². The Bertz CT molecular complexity index is 2750. The van der Waals surface area contributed by atoms with Gasteiger partial charge in [-0.2, -0.15) is 0 Å². The lowest BCUT2D eigenvalue weighted by Crippen LogP contribution is -2.09. The van der Waals surface area contributed by atoms with Crippen molar-refractivity contribution in [2.45, 2.75) is 0 Å². The van der Waals surface area contributed by atoms with E-state index in [9.17, 15) is 0 Å². The highest BCUT2D eigenvalue weighted by molar-refractivity contribution is 7.26. The van der Waals surface area contributed by atoms with Gasteiger partial charge in [-0.3, -0.25) is 0 Å². The van der Waals surface area contributed by atoms with Gasteiger partial charge in [0.2, 0.25) is 0 Å². The Kier molecular flexibility index (Phi) is 7.41. The maximum absolute atomic E-state index is 2.36. The lowest BCUT2D eigenvalue weighted by atomic mass is 9.97. The van der Waals surface area contributed by atoms with Crippen molar-refractivity contribution in [3.05, 3.63) is 200 Å². The molecule has 1 aromatic heterocycles. The summed E-state index contributed by atoms with van der Waals surface area (Å²) in [6.07, 6.45) is 0. The molecule has 0 unspecified atom stereocenters. The number of rotatable bonds is 6. The maximum atomic E-state index is 2.36. The SMILES string of the molecule is c1ccc2c(-c3ccc(N(c4ccc(-c5cccc6ccccc56)cc4)c4ccc(-c5cccc6c5sc5ccccc56)cc4)cc3)cccc2c1. The highest BCUT2D eigenvalue weighted by atomic mass is 32.1. The van der Waals surface area contributed by atoms with Crippen LogP contribution in [0.25, 0.3) is 75.1 Å². The van der Waals surface area contributed by atoms with Crippen molar-refractivity contribution in [2.75, 3.05) is 4.90 Å². The Morgan fingerprint density at radius 3 is 1.21 bits per heavy atom. The average molecular weight is 680 g/mol. The van der Waals surface area contributed by atoms with Crippen LogP contribution in [-0.4, -0.2) is 0 Å². The minimum Gasteiger partial charge on any atom is -0.311 e. The first-order chi connectivity index (χ1) is 25.8. The lowest BCUT2D eigenvalue weighted by Gasteiger charge is -2.26. The summed E-state index contributed by atoms with van der Waals surface area (Å²) in [7, 11) is 0. The van der Waals surface area contributed by atoms with E-state index < -0.39 is 0 Å². The molecule has 52 heavy (non-hydrogen) atoms. The van der Waals surface area contributed by atoms with Crippen LogP contribution >= 0.6 is 11.3 Å². The third kappa shape index (κ3) is 5.24. The first-order valence-corrected chi connectivity index (χ1v) is 18.6. The van der Waals surface area contributed by atoms with E-state index in [1.54, 1.807) is 0 Å². The number of hydrogen-bond donors (Lipinski definition) is 0. The van der Waals surface area contributed by atoms with E-state index in [-0.39, 0.29) is 0 Å². The van der Waals surface area contributed by atoms with E-state index in [0.29, 0.717) is 0 Å². The van der Waals surface area contributed by atoms with Crippen molar-refractivity contribution in [1.29, 1.82) is 0 Å². The molecule has 0 saturated carbocycles. The van der Waals surface area contributed by atoms with Crippen LogP contribution in [0, 0.1) is 0 Å². The molecule has 2 heteroatoms. The van der Waals surface area contributed by atoms with E-state index >= 15 is 0 Å². The fourth-order valence-electron chi connectivity index (χ4n) is 7.75. The van der Waals surface area contributed by atoms with Gasteiger partial charge in [0.15, 0.2) is 0 Å². The minimum absolute atomic E-state index is 1.11. The first kappa shape index (κ1) is 30.4. The molecule has 0 N–H and O–H groups in total. The molecule has 0 atom stereocenters. The molecule has 10 aromatic rings. The van der Waals surface area contributed by atoms with Gasteiger partial charge in [-0.25, -0.2) is 0 Å². The number of fused-ring (bicyclic) bond motifs is 5. The summed E-state index contributed by atoms with van der Waals surface area (Å²) < 4.78 is 2.66. The monoisotopic (exact) mass is 679 g/mol. The highest BCUT2D eigenvalue weighted by Gasteiger charge is 2.16. The van der Waals surface area contributed by atoms with Crippen molar-refractivity contribution in [1.82, 2.24) is 0 Å². The largest absolute Gasteiger partial charge is 0.311 e. The second kappa shape index (κ2) is 12.7. The fraction of sp³-hybridized carbons (Fsp3) is 0. The number of nitrogens with zero attached hydrogens (tertiary/aromatic N) is 1. The van der Waals surface area contributed by atoms with Crippen molar-refractivity contribution in [2.24, 2.45) is 0 Å². The van der Waals surface area contributed by atoms with E-state index in [0.717, 1.165) is 17.1 Å². The molecule has 0 aliphatic heterocycles. The smallest absolute Gasteiger partial charge is 0.0462 e. The predicted molar refractivity (Wildman–Crippen MR) is 225 cm³/mol. The molecular formula is C50H33NS. The van der Waals surface area contributed by atoms with Crippen molar-refractivity contribution in [3.63, 3.8) is 0 Å². The Balaban J connectivity index is 1.06. The van der Waals surface area contributed by atoms with Crippen LogP contribution in [0.1, 0.15) is 0 Å². The molecule has 0 radical (unpaired) electrons. The van der Waals surface area contributed by atoms with Crippen LogP contribution in [0.5, 0.6) is 0 Å². The van der Waals surface area contributed by atoms with Gasteiger partial charge in [0, 0.05) is 37.2 Å². The zero-order chi connectivity index (χ0) is 34.4. The molecule has 0 bridgehead atoms. The number of thiophene rings is 1. The van der Waals surface area contributed by atoms with Crippen LogP contribution in [0.15, 0.2) is 200 Å². The van der Waals surface area contributed by atoms with Crippen molar-refractivity contribution < 1.29 is 0 Å². The highest BCUT2D eigenvalue weighted by Crippen LogP contribution is 2.42. The standard InChI is InChI=1S/C50H33NS/c1-3-14-42-34(10-1)12-7-17-44(42)36-22-28-39(29-23-36)51(40-30-24-37(25-31-40)45-18-8-13-35-11-2-4-15-43(35)45)41-32-26-38(27-33-41)46-19-9-20-48-47-16-5-6-21-49(47)52-50(46)48/h1-33H. The maximum Gasteiger partial charge on any atom is 0.0462 e. The zero-order valence-electron chi connectivity index (χ0n) is 28.4. The Morgan fingerprint density at radius 1 is 0.288 bits per heavy atom. The molecule has 0 aliphatic carbocycles. The molecule has 10 rings (SSSR count). The zero-order valence-corrected chi connectivity index (χ0v) is 29.2. The van der Waals surface area contributed by atoms with E-state index in [1.807, 2.05) is 11.3 Å². The summed E-state index contributed by atoms with van der Waals surface area (Å²) in [5.41, 5.74) is 10.7. The minimum atomic E-state index is 1.11. The second-order valence-electron chi connectivity index (χ2n) is 13.3. The Morgan fingerprint density at radius 2 is 0.673 bits per heavy atom. The number of hydrogen-bond acceptors (Lipinski definition) is 2. The van der Waals surface area contributed by atoms with Crippen molar-refractivity contribution >= 4 is 70.1 Å². The quantitative estimate of drug-likeness (QED) is 0.169. The van der Waals surface area contributed by atoms with Crippen molar-refractivity contribution in [3.8, 4) is 33.4 Å². The topological polar surface area (TPSA) is 3.24 Å². The third-order valence-corrected chi connectivity index (χ3v) is 11.5. The third-order valence-electron chi connectivity index (χ3n) is 10.3. The summed E-state index contributed by atoms with van der Waals surface area (Å²) in [5, 5.41) is 7.69. The summed E-state index contributed by atoms with van der Waals surface area (Å²) in [5.74, 6) is 0. The van der Waals surface area contributed by atoms with Gasteiger partial charge >= 0.3 is 0 Å². The molecule has 244 valence electrons. The molecule has 0 spiro atoms.